The molecule has 152 valence electrons. The zero-order chi connectivity index (χ0) is 20.0. The summed E-state index contributed by atoms with van der Waals surface area (Å²) in [5, 5.41) is 0. The van der Waals surface area contributed by atoms with Crippen LogP contribution in [0.2, 0.25) is 0 Å². The van der Waals surface area contributed by atoms with Gasteiger partial charge in [-0.1, -0.05) is 0 Å². The van der Waals surface area contributed by atoms with Crippen LogP contribution in [0, 0.1) is 0 Å². The van der Waals surface area contributed by atoms with Gasteiger partial charge >= 0.3 is 0 Å². The summed E-state index contributed by atoms with van der Waals surface area (Å²) in [5.41, 5.74) is 0. The molecule has 1 fully saturated rings. The molecule has 1 aliphatic heterocycles. The lowest BCUT2D eigenvalue weighted by Gasteiger charge is -2.32. The second-order valence-corrected chi connectivity index (χ2v) is 8.44. The number of benzene rings is 1. The van der Waals surface area contributed by atoms with E-state index in [0.717, 1.165) is 12.8 Å². The zero-order valence-electron chi connectivity index (χ0n) is 16.0. The van der Waals surface area contributed by atoms with Crippen LogP contribution in [0.3, 0.4) is 0 Å². The summed E-state index contributed by atoms with van der Waals surface area (Å²) in [7, 11) is -3.64. The fraction of sp³-hybridized carbons (Fsp3) is 0.474. The number of aromatic nitrogens is 2. The quantitative estimate of drug-likeness (QED) is 0.722. The van der Waals surface area contributed by atoms with Crippen molar-refractivity contribution in [1.82, 2.24) is 19.2 Å². The Morgan fingerprint density at radius 3 is 2.57 bits per heavy atom. The summed E-state index contributed by atoms with van der Waals surface area (Å²) in [6.07, 6.45) is 7.40. The van der Waals surface area contributed by atoms with Gasteiger partial charge < -0.3 is 14.2 Å². The summed E-state index contributed by atoms with van der Waals surface area (Å²) in [4.78, 5) is 18.4. The molecule has 0 atom stereocenters. The van der Waals surface area contributed by atoms with E-state index in [1.165, 1.54) is 12.1 Å². The molecule has 0 spiro atoms. The van der Waals surface area contributed by atoms with Crippen LogP contribution in [-0.4, -0.2) is 55.0 Å². The molecule has 2 heterocycles. The van der Waals surface area contributed by atoms with E-state index in [0.29, 0.717) is 31.5 Å². The van der Waals surface area contributed by atoms with Crippen LogP contribution in [0.5, 0.6) is 5.75 Å². The number of likely N-dealkylation sites (tertiary alicyclic amines) is 1. The van der Waals surface area contributed by atoms with Crippen molar-refractivity contribution in [2.45, 2.75) is 37.1 Å². The molecule has 0 bridgehead atoms. The van der Waals surface area contributed by atoms with Crippen LogP contribution in [-0.2, 0) is 14.8 Å². The number of sulfonamides is 1. The Labute approximate surface area is 165 Å². The lowest BCUT2D eigenvalue weighted by Crippen LogP contribution is -2.40. The molecule has 3 rings (SSSR count). The molecular formula is C19H26N4O4S. The van der Waals surface area contributed by atoms with Gasteiger partial charge in [-0.3, -0.25) is 4.79 Å². The molecule has 8 nitrogen and oxygen atoms in total. The van der Waals surface area contributed by atoms with E-state index in [2.05, 4.69) is 14.3 Å². The van der Waals surface area contributed by atoms with Crippen molar-refractivity contribution in [3.8, 4) is 5.75 Å². The third-order valence-electron chi connectivity index (χ3n) is 4.84. The fourth-order valence-corrected chi connectivity index (χ4v) is 4.35. The number of amides is 1. The third-order valence-corrected chi connectivity index (χ3v) is 6.32. The minimum atomic E-state index is -3.64. The van der Waals surface area contributed by atoms with Crippen LogP contribution < -0.4 is 9.46 Å². The first-order valence-corrected chi connectivity index (χ1v) is 11.0. The van der Waals surface area contributed by atoms with Crippen LogP contribution in [0.15, 0.2) is 47.9 Å². The lowest BCUT2D eigenvalue weighted by molar-refractivity contribution is -0.132. The van der Waals surface area contributed by atoms with E-state index in [9.17, 15) is 13.2 Å². The third kappa shape index (κ3) is 5.11. The van der Waals surface area contributed by atoms with Gasteiger partial charge in [0.15, 0.2) is 0 Å². The number of nitrogens with zero attached hydrogens (tertiary/aromatic N) is 3. The Kier molecular flexibility index (Phi) is 6.69. The summed E-state index contributed by atoms with van der Waals surface area (Å²) in [6.45, 7) is 3.81. The summed E-state index contributed by atoms with van der Waals surface area (Å²) in [5.74, 6) is 0.592. The highest BCUT2D eigenvalue weighted by atomic mass is 32.2. The van der Waals surface area contributed by atoms with Gasteiger partial charge in [0.25, 0.3) is 0 Å². The minimum absolute atomic E-state index is 0.0292. The first-order chi connectivity index (χ1) is 13.5. The number of piperidine rings is 1. The number of ether oxygens (including phenoxy) is 1. The van der Waals surface area contributed by atoms with Gasteiger partial charge in [-0.05, 0) is 44.0 Å². The number of rotatable bonds is 8. The van der Waals surface area contributed by atoms with Crippen molar-refractivity contribution in [2.24, 2.45) is 0 Å². The van der Waals surface area contributed by atoms with E-state index in [-0.39, 0.29) is 23.8 Å². The van der Waals surface area contributed by atoms with Gasteiger partial charge in [-0.25, -0.2) is 18.1 Å². The highest BCUT2D eigenvalue weighted by molar-refractivity contribution is 7.89. The van der Waals surface area contributed by atoms with E-state index in [4.69, 9.17) is 4.74 Å². The second kappa shape index (κ2) is 9.20. The number of hydrogen-bond acceptors (Lipinski definition) is 5. The molecule has 1 aromatic heterocycles. The predicted molar refractivity (Wildman–Crippen MR) is 104 cm³/mol. The Morgan fingerprint density at radius 1 is 1.25 bits per heavy atom. The first-order valence-electron chi connectivity index (χ1n) is 9.47. The summed E-state index contributed by atoms with van der Waals surface area (Å²) in [6, 6.07) is 6.59. The highest BCUT2D eigenvalue weighted by Gasteiger charge is 2.23. The molecule has 1 aliphatic rings. The Morgan fingerprint density at radius 2 is 1.96 bits per heavy atom. The van der Waals surface area contributed by atoms with Crippen molar-refractivity contribution < 1.29 is 17.9 Å². The van der Waals surface area contributed by atoms with Crippen molar-refractivity contribution in [2.75, 3.05) is 26.2 Å². The zero-order valence-corrected chi connectivity index (χ0v) is 16.8. The van der Waals surface area contributed by atoms with Crippen molar-refractivity contribution in [1.29, 1.82) is 0 Å². The lowest BCUT2D eigenvalue weighted by atomic mass is 10.0. The number of nitrogens with one attached hydrogen (secondary N) is 1. The smallest absolute Gasteiger partial charge is 0.240 e. The standard InChI is InChI=1S/C19H26N4O4S/c1-2-27-17-3-5-18(6-4-17)28(25,26)21-10-7-19(24)22-12-8-16(9-13-22)23-14-11-20-15-23/h3-6,11,14-16,21H,2,7-10,12-13H2,1H3. The van der Waals surface area contributed by atoms with Crippen LogP contribution in [0.25, 0.3) is 0 Å². The Bertz CT molecular complexity index is 858. The number of carbonyl (C=O) groups excluding carboxylic acids is 1. The van der Waals surface area contributed by atoms with Gasteiger partial charge in [0.2, 0.25) is 15.9 Å². The summed E-state index contributed by atoms with van der Waals surface area (Å²) >= 11 is 0. The highest BCUT2D eigenvalue weighted by Crippen LogP contribution is 2.22. The van der Waals surface area contributed by atoms with Crippen molar-refractivity contribution in [3.05, 3.63) is 43.0 Å². The Balaban J connectivity index is 1.44. The molecule has 1 aromatic carbocycles. The molecule has 1 saturated heterocycles. The topological polar surface area (TPSA) is 93.5 Å². The normalized spacial score (nSPS) is 15.5. The van der Waals surface area contributed by atoms with Crippen molar-refractivity contribution >= 4 is 15.9 Å². The molecular weight excluding hydrogens is 380 g/mol. The largest absolute Gasteiger partial charge is 0.494 e. The molecule has 0 unspecified atom stereocenters. The van der Waals surface area contributed by atoms with E-state index in [1.54, 1.807) is 29.6 Å². The Hall–Kier alpha value is -2.39. The first kappa shape index (κ1) is 20.3. The number of hydrogen-bond donors (Lipinski definition) is 1. The van der Waals surface area contributed by atoms with Gasteiger partial charge in [-0.2, -0.15) is 0 Å². The monoisotopic (exact) mass is 406 g/mol. The molecule has 1 amide bonds. The second-order valence-electron chi connectivity index (χ2n) is 6.67. The molecule has 0 saturated carbocycles. The molecule has 28 heavy (non-hydrogen) atoms. The van der Waals surface area contributed by atoms with Crippen LogP contribution in [0.1, 0.15) is 32.2 Å². The van der Waals surface area contributed by atoms with Gasteiger partial charge in [0, 0.05) is 44.5 Å². The van der Waals surface area contributed by atoms with Gasteiger partial charge in [0.05, 0.1) is 17.8 Å². The van der Waals surface area contributed by atoms with E-state index >= 15 is 0 Å². The number of carbonyl (C=O) groups is 1. The SMILES string of the molecule is CCOc1ccc(S(=O)(=O)NCCC(=O)N2CCC(n3ccnc3)CC2)cc1. The molecule has 0 radical (unpaired) electrons. The maximum Gasteiger partial charge on any atom is 0.240 e. The molecule has 2 aromatic rings. The predicted octanol–water partition coefficient (Wildman–Crippen LogP) is 1.81. The maximum absolute atomic E-state index is 12.4. The average Bonchev–Trinajstić information content (AvgIpc) is 3.23. The molecule has 0 aliphatic carbocycles. The van der Waals surface area contributed by atoms with Crippen LogP contribution in [0.4, 0.5) is 0 Å². The van der Waals surface area contributed by atoms with Crippen LogP contribution >= 0.6 is 0 Å². The fourth-order valence-electron chi connectivity index (χ4n) is 3.31. The number of imidazole rings is 1. The molecule has 9 heteroatoms. The van der Waals surface area contributed by atoms with E-state index in [1.807, 2.05) is 13.1 Å². The van der Waals surface area contributed by atoms with Crippen molar-refractivity contribution in [3.63, 3.8) is 0 Å². The average molecular weight is 407 g/mol. The van der Waals surface area contributed by atoms with Gasteiger partial charge in [-0.15, -0.1) is 0 Å². The minimum Gasteiger partial charge on any atom is -0.494 e. The maximum atomic E-state index is 12.4. The van der Waals surface area contributed by atoms with Gasteiger partial charge in [0.1, 0.15) is 5.75 Å². The van der Waals surface area contributed by atoms with E-state index < -0.39 is 10.0 Å². The summed E-state index contributed by atoms with van der Waals surface area (Å²) < 4.78 is 34.6. The molecule has 1 N–H and O–H groups in total.